The summed E-state index contributed by atoms with van der Waals surface area (Å²) in [6, 6.07) is 3.22. The lowest BCUT2D eigenvalue weighted by Gasteiger charge is -2.14. The molecule has 2 aromatic rings. The fourth-order valence-electron chi connectivity index (χ4n) is 2.06. The molecule has 10 heteroatoms. The normalized spacial score (nSPS) is 12.7. The third kappa shape index (κ3) is 4.79. The van der Waals surface area contributed by atoms with Crippen LogP contribution in [-0.2, 0) is 17.5 Å². The molecule has 1 aromatic carbocycles. The van der Waals surface area contributed by atoms with Crippen molar-refractivity contribution >= 4 is 35.0 Å². The van der Waals surface area contributed by atoms with Crippen molar-refractivity contribution in [3.63, 3.8) is 0 Å². The van der Waals surface area contributed by atoms with E-state index < -0.39 is 27.9 Å². The Hall–Kier alpha value is -2.00. The average Bonchev–Trinajstić information content (AvgIpc) is 2.89. The van der Waals surface area contributed by atoms with E-state index in [9.17, 15) is 18.0 Å². The molecule has 0 aliphatic carbocycles. The molecule has 1 heterocycles. The Bertz CT molecular complexity index is 822. The third-order valence-electron chi connectivity index (χ3n) is 3.40. The van der Waals surface area contributed by atoms with Gasteiger partial charge in [-0.15, -0.1) is 16.8 Å². The van der Waals surface area contributed by atoms with Gasteiger partial charge in [-0.05, 0) is 32.0 Å². The second kappa shape index (κ2) is 8.13. The summed E-state index contributed by atoms with van der Waals surface area (Å²) < 4.78 is 40.5. The highest BCUT2D eigenvalue weighted by Gasteiger charge is 2.33. The van der Waals surface area contributed by atoms with Gasteiger partial charge in [-0.25, -0.2) is 0 Å². The number of benzene rings is 1. The summed E-state index contributed by atoms with van der Waals surface area (Å²) in [6.07, 6.45) is -2.92. The molecule has 1 N–H and O–H groups in total. The smallest absolute Gasteiger partial charge is 0.325 e. The van der Waals surface area contributed by atoms with E-state index in [0.29, 0.717) is 17.5 Å². The van der Waals surface area contributed by atoms with Gasteiger partial charge in [0.1, 0.15) is 5.82 Å². The predicted octanol–water partition coefficient (Wildman–Crippen LogP) is 4.56. The first-order valence-electron chi connectivity index (χ1n) is 7.48. The van der Waals surface area contributed by atoms with Crippen LogP contribution in [0.3, 0.4) is 0 Å². The summed E-state index contributed by atoms with van der Waals surface area (Å²) in [5.74, 6) is 0.212. The van der Waals surface area contributed by atoms with E-state index in [0.717, 1.165) is 23.9 Å². The van der Waals surface area contributed by atoms with Gasteiger partial charge < -0.3 is 9.88 Å². The summed E-state index contributed by atoms with van der Waals surface area (Å²) in [5, 5.41) is 9.92. The van der Waals surface area contributed by atoms with Crippen LogP contribution in [-0.4, -0.2) is 25.9 Å². The number of carbonyl (C=O) groups excluding carboxylic acids is 1. The number of amides is 1. The number of hydrogen-bond donors (Lipinski definition) is 1. The summed E-state index contributed by atoms with van der Waals surface area (Å²) in [4.78, 5) is 12.3. The molecule has 2 rings (SSSR count). The largest absolute Gasteiger partial charge is 0.417 e. The zero-order chi connectivity index (χ0) is 19.5. The molecule has 1 amide bonds. The molecular weight excluding hydrogens is 389 g/mol. The highest BCUT2D eigenvalue weighted by Crippen LogP contribution is 2.36. The van der Waals surface area contributed by atoms with Gasteiger partial charge in [-0.3, -0.25) is 4.79 Å². The van der Waals surface area contributed by atoms with E-state index in [1.165, 1.54) is 6.07 Å². The van der Waals surface area contributed by atoms with Gasteiger partial charge in [0.25, 0.3) is 0 Å². The molecule has 140 valence electrons. The molecule has 0 aliphatic heterocycles. The Labute approximate surface area is 157 Å². The lowest BCUT2D eigenvalue weighted by molar-refractivity contribution is -0.137. The molecule has 26 heavy (non-hydrogen) atoms. The second-order valence-electron chi connectivity index (χ2n) is 5.37. The zero-order valence-corrected chi connectivity index (χ0v) is 15.5. The number of nitrogens with zero attached hydrogens (tertiary/aromatic N) is 3. The van der Waals surface area contributed by atoms with Crippen molar-refractivity contribution in [2.24, 2.45) is 0 Å². The van der Waals surface area contributed by atoms with E-state index in [1.54, 1.807) is 24.5 Å². The van der Waals surface area contributed by atoms with Crippen LogP contribution in [0.15, 0.2) is 36.0 Å². The lowest BCUT2D eigenvalue weighted by Crippen LogP contribution is -2.23. The summed E-state index contributed by atoms with van der Waals surface area (Å²) in [6.45, 7) is 7.55. The number of allylic oxidation sites excluding steroid dienone is 1. The Morgan fingerprint density at radius 2 is 2.15 bits per heavy atom. The quantitative estimate of drug-likeness (QED) is 0.566. The monoisotopic (exact) mass is 404 g/mol. The second-order valence-corrected chi connectivity index (χ2v) is 7.09. The van der Waals surface area contributed by atoms with E-state index in [2.05, 4.69) is 22.1 Å². The number of rotatable bonds is 6. The summed E-state index contributed by atoms with van der Waals surface area (Å²) in [7, 11) is 0. The van der Waals surface area contributed by atoms with Gasteiger partial charge in [0.15, 0.2) is 5.16 Å². The van der Waals surface area contributed by atoms with Gasteiger partial charge in [-0.2, -0.15) is 13.2 Å². The van der Waals surface area contributed by atoms with Crippen LogP contribution >= 0.6 is 23.4 Å². The SMILES string of the molecule is C=CCn1c(C)nnc1SC(C)C(=O)Nc1ccc(Cl)c(C(F)(F)F)c1. The minimum Gasteiger partial charge on any atom is -0.325 e. The fraction of sp³-hybridized carbons (Fsp3) is 0.312. The Morgan fingerprint density at radius 3 is 2.77 bits per heavy atom. The molecule has 0 bridgehead atoms. The van der Waals surface area contributed by atoms with Crippen LogP contribution in [0.25, 0.3) is 0 Å². The van der Waals surface area contributed by atoms with Gasteiger partial charge in [0.05, 0.1) is 15.8 Å². The number of aryl methyl sites for hydroxylation is 1. The number of alkyl halides is 3. The summed E-state index contributed by atoms with van der Waals surface area (Å²) in [5.41, 5.74) is -0.985. The van der Waals surface area contributed by atoms with Crippen molar-refractivity contribution in [2.75, 3.05) is 5.32 Å². The van der Waals surface area contributed by atoms with Crippen molar-refractivity contribution in [3.8, 4) is 0 Å². The molecule has 0 saturated heterocycles. The molecule has 0 radical (unpaired) electrons. The fourth-order valence-corrected chi connectivity index (χ4v) is 3.19. The Morgan fingerprint density at radius 1 is 1.46 bits per heavy atom. The zero-order valence-electron chi connectivity index (χ0n) is 14.0. The number of thioether (sulfide) groups is 1. The number of anilines is 1. The van der Waals surface area contributed by atoms with Gasteiger partial charge in [0, 0.05) is 12.2 Å². The van der Waals surface area contributed by atoms with Crippen LogP contribution in [0.2, 0.25) is 5.02 Å². The molecule has 0 fully saturated rings. The van der Waals surface area contributed by atoms with E-state index in [4.69, 9.17) is 11.6 Å². The van der Waals surface area contributed by atoms with E-state index in [-0.39, 0.29) is 5.69 Å². The summed E-state index contributed by atoms with van der Waals surface area (Å²) >= 11 is 6.73. The topological polar surface area (TPSA) is 59.8 Å². The van der Waals surface area contributed by atoms with Crippen molar-refractivity contribution in [1.29, 1.82) is 0 Å². The van der Waals surface area contributed by atoms with Gasteiger partial charge in [-0.1, -0.05) is 29.4 Å². The highest BCUT2D eigenvalue weighted by molar-refractivity contribution is 8.00. The molecule has 1 unspecified atom stereocenters. The maximum Gasteiger partial charge on any atom is 0.417 e. The molecule has 5 nitrogen and oxygen atoms in total. The molecule has 0 aliphatic rings. The maximum atomic E-state index is 12.9. The first kappa shape index (κ1) is 20.3. The number of halogens is 4. The first-order valence-corrected chi connectivity index (χ1v) is 8.74. The van der Waals surface area contributed by atoms with Gasteiger partial charge in [0.2, 0.25) is 5.91 Å². The lowest BCUT2D eigenvalue weighted by atomic mass is 10.2. The van der Waals surface area contributed by atoms with Crippen LogP contribution in [0, 0.1) is 6.92 Å². The molecular formula is C16H16ClF3N4OS. The molecule has 1 atom stereocenters. The highest BCUT2D eigenvalue weighted by atomic mass is 35.5. The minimum absolute atomic E-state index is 0.0166. The first-order chi connectivity index (χ1) is 12.1. The standard InChI is InChI=1S/C16H16ClF3N4OS/c1-4-7-24-10(3)22-23-15(24)26-9(2)14(25)21-11-5-6-13(17)12(8-11)16(18,19)20/h4-6,8-9H,1,7H2,2-3H3,(H,21,25). The average molecular weight is 405 g/mol. The van der Waals surface area contributed by atoms with Crippen LogP contribution in [0.1, 0.15) is 18.3 Å². The van der Waals surface area contributed by atoms with Crippen LogP contribution in [0.4, 0.5) is 18.9 Å². The van der Waals surface area contributed by atoms with Crippen LogP contribution < -0.4 is 5.32 Å². The van der Waals surface area contributed by atoms with Crippen LogP contribution in [0.5, 0.6) is 0 Å². The molecule has 0 spiro atoms. The van der Waals surface area contributed by atoms with E-state index >= 15 is 0 Å². The Kier molecular flexibility index (Phi) is 6.35. The Balaban J connectivity index is 2.12. The van der Waals surface area contributed by atoms with Crippen molar-refractivity contribution < 1.29 is 18.0 Å². The predicted molar refractivity (Wildman–Crippen MR) is 95.4 cm³/mol. The molecule has 0 saturated carbocycles. The third-order valence-corrected chi connectivity index (χ3v) is 4.81. The number of hydrogen-bond acceptors (Lipinski definition) is 4. The maximum absolute atomic E-state index is 12.9. The number of nitrogens with one attached hydrogen (secondary N) is 1. The molecule has 1 aromatic heterocycles. The van der Waals surface area contributed by atoms with Crippen molar-refractivity contribution in [3.05, 3.63) is 47.3 Å². The number of carbonyl (C=O) groups is 1. The van der Waals surface area contributed by atoms with Crippen molar-refractivity contribution in [1.82, 2.24) is 14.8 Å². The van der Waals surface area contributed by atoms with Gasteiger partial charge >= 0.3 is 6.18 Å². The number of aromatic nitrogens is 3. The minimum atomic E-state index is -4.60. The van der Waals surface area contributed by atoms with Crippen molar-refractivity contribution in [2.45, 2.75) is 37.0 Å². The van der Waals surface area contributed by atoms with E-state index in [1.807, 2.05) is 0 Å².